The molecule has 0 spiro atoms. The van der Waals surface area contributed by atoms with E-state index in [1.807, 2.05) is 29.2 Å². The minimum absolute atomic E-state index is 0.162. The molecule has 0 N–H and O–H groups in total. The third-order valence-corrected chi connectivity index (χ3v) is 6.51. The third kappa shape index (κ3) is 3.83. The Morgan fingerprint density at radius 1 is 1.11 bits per heavy atom. The van der Waals surface area contributed by atoms with Crippen LogP contribution in [-0.4, -0.2) is 43.1 Å². The number of carbonyl (C=O) groups excluding carboxylic acids is 1. The number of methoxy groups -OCH3 is 2. The molecule has 1 aliphatic heterocycles. The third-order valence-electron chi connectivity index (χ3n) is 5.31. The van der Waals surface area contributed by atoms with Gasteiger partial charge in [-0.15, -0.1) is 11.3 Å². The number of carbonyl (C=O) groups is 1. The summed E-state index contributed by atoms with van der Waals surface area (Å²) in [6.45, 7) is 1.57. The van der Waals surface area contributed by atoms with Gasteiger partial charge in [0.15, 0.2) is 11.5 Å². The monoisotopic (exact) mass is 396 g/mol. The molecular formula is C22H24N2O3S. The van der Waals surface area contributed by atoms with Crippen LogP contribution in [0.3, 0.4) is 0 Å². The average molecular weight is 397 g/mol. The molecule has 0 aliphatic carbocycles. The highest BCUT2D eigenvalue weighted by atomic mass is 32.1. The molecule has 0 atom stereocenters. The van der Waals surface area contributed by atoms with E-state index in [-0.39, 0.29) is 5.91 Å². The summed E-state index contributed by atoms with van der Waals surface area (Å²) in [6, 6.07) is 13.9. The van der Waals surface area contributed by atoms with Crippen molar-refractivity contribution >= 4 is 27.5 Å². The predicted octanol–water partition coefficient (Wildman–Crippen LogP) is 4.26. The van der Waals surface area contributed by atoms with Crippen LogP contribution < -0.4 is 9.47 Å². The molecule has 6 heteroatoms. The summed E-state index contributed by atoms with van der Waals surface area (Å²) in [5.74, 6) is 1.94. The van der Waals surface area contributed by atoms with Crippen LogP contribution in [-0.2, 0) is 11.2 Å². The van der Waals surface area contributed by atoms with Gasteiger partial charge in [0, 0.05) is 19.0 Å². The van der Waals surface area contributed by atoms with Crippen molar-refractivity contribution in [2.75, 3.05) is 27.3 Å². The summed E-state index contributed by atoms with van der Waals surface area (Å²) in [7, 11) is 3.22. The molecule has 2 aromatic carbocycles. The Bertz CT molecular complexity index is 944. The number of aromatic nitrogens is 1. The van der Waals surface area contributed by atoms with Gasteiger partial charge >= 0.3 is 0 Å². The highest BCUT2D eigenvalue weighted by Gasteiger charge is 2.26. The van der Waals surface area contributed by atoms with Gasteiger partial charge in [-0.3, -0.25) is 4.79 Å². The van der Waals surface area contributed by atoms with Crippen molar-refractivity contribution in [3.63, 3.8) is 0 Å². The number of amides is 1. The van der Waals surface area contributed by atoms with E-state index in [1.165, 1.54) is 9.71 Å². The highest BCUT2D eigenvalue weighted by Crippen LogP contribution is 2.34. The van der Waals surface area contributed by atoms with Crippen molar-refractivity contribution in [1.29, 1.82) is 0 Å². The van der Waals surface area contributed by atoms with E-state index in [1.54, 1.807) is 25.6 Å². The van der Waals surface area contributed by atoms with Gasteiger partial charge in [-0.2, -0.15) is 0 Å². The first kappa shape index (κ1) is 18.7. The molecule has 0 bridgehead atoms. The van der Waals surface area contributed by atoms with Crippen LogP contribution in [0.25, 0.3) is 10.2 Å². The zero-order valence-corrected chi connectivity index (χ0v) is 17.0. The largest absolute Gasteiger partial charge is 0.493 e. The van der Waals surface area contributed by atoms with Crippen LogP contribution in [0.5, 0.6) is 11.5 Å². The highest BCUT2D eigenvalue weighted by molar-refractivity contribution is 7.18. The summed E-state index contributed by atoms with van der Waals surface area (Å²) in [5, 5.41) is 1.20. The van der Waals surface area contributed by atoms with Crippen molar-refractivity contribution in [3.05, 3.63) is 53.0 Å². The standard InChI is InChI=1S/C22H24N2O3S/c1-26-18-8-7-15(13-19(18)27-2)14-21(25)24-11-9-16(10-12-24)22-23-17-5-3-4-6-20(17)28-22/h3-8,13,16H,9-12,14H2,1-2H3. The number of ether oxygens (including phenoxy) is 2. The maximum absolute atomic E-state index is 12.7. The number of likely N-dealkylation sites (tertiary alicyclic amines) is 1. The molecule has 1 aliphatic rings. The fourth-order valence-electron chi connectivity index (χ4n) is 3.72. The SMILES string of the molecule is COc1ccc(CC(=O)N2CCC(c3nc4ccccc4s3)CC2)cc1OC. The van der Waals surface area contributed by atoms with E-state index in [0.717, 1.165) is 37.0 Å². The summed E-state index contributed by atoms with van der Waals surface area (Å²) in [6.07, 6.45) is 2.32. The lowest BCUT2D eigenvalue weighted by Crippen LogP contribution is -2.38. The van der Waals surface area contributed by atoms with E-state index in [4.69, 9.17) is 14.5 Å². The fraction of sp³-hybridized carbons (Fsp3) is 0.364. The average Bonchev–Trinajstić information content (AvgIpc) is 3.18. The number of hydrogen-bond donors (Lipinski definition) is 0. The van der Waals surface area contributed by atoms with Crippen LogP contribution in [0, 0.1) is 0 Å². The number of fused-ring (bicyclic) bond motifs is 1. The molecule has 5 nitrogen and oxygen atoms in total. The first-order valence-electron chi connectivity index (χ1n) is 9.52. The molecule has 4 rings (SSSR count). The van der Waals surface area contributed by atoms with Gasteiger partial charge in [-0.25, -0.2) is 4.98 Å². The molecule has 28 heavy (non-hydrogen) atoms. The van der Waals surface area contributed by atoms with Crippen LogP contribution in [0.2, 0.25) is 0 Å². The summed E-state index contributed by atoms with van der Waals surface area (Å²) in [5.41, 5.74) is 2.02. The van der Waals surface area contributed by atoms with Crippen LogP contribution in [0.15, 0.2) is 42.5 Å². The molecule has 3 aromatic rings. The molecular weight excluding hydrogens is 372 g/mol. The number of nitrogens with zero attached hydrogens (tertiary/aromatic N) is 2. The second-order valence-electron chi connectivity index (χ2n) is 7.04. The normalized spacial score (nSPS) is 15.0. The van der Waals surface area contributed by atoms with Gasteiger partial charge in [0.05, 0.1) is 35.9 Å². The Kier molecular flexibility index (Phi) is 5.48. The minimum atomic E-state index is 0.162. The molecule has 1 aromatic heterocycles. The van der Waals surface area contributed by atoms with E-state index in [9.17, 15) is 4.79 Å². The van der Waals surface area contributed by atoms with Crippen molar-refractivity contribution in [3.8, 4) is 11.5 Å². The lowest BCUT2D eigenvalue weighted by molar-refractivity contribution is -0.131. The fourth-order valence-corrected chi connectivity index (χ4v) is 4.85. The maximum Gasteiger partial charge on any atom is 0.226 e. The van der Waals surface area contributed by atoms with Gasteiger partial charge in [-0.05, 0) is 42.7 Å². The number of hydrogen-bond acceptors (Lipinski definition) is 5. The summed E-state index contributed by atoms with van der Waals surface area (Å²) >= 11 is 1.78. The van der Waals surface area contributed by atoms with Crippen molar-refractivity contribution in [2.24, 2.45) is 0 Å². The number of piperidine rings is 1. The van der Waals surface area contributed by atoms with Crippen molar-refractivity contribution in [2.45, 2.75) is 25.2 Å². The Labute approximate surface area is 168 Å². The van der Waals surface area contributed by atoms with Gasteiger partial charge in [0.2, 0.25) is 5.91 Å². The Hall–Kier alpha value is -2.60. The molecule has 1 saturated heterocycles. The van der Waals surface area contributed by atoms with Gasteiger partial charge < -0.3 is 14.4 Å². The minimum Gasteiger partial charge on any atom is -0.493 e. The lowest BCUT2D eigenvalue weighted by Gasteiger charge is -2.31. The Morgan fingerprint density at radius 3 is 2.57 bits per heavy atom. The van der Waals surface area contributed by atoms with Gasteiger partial charge in [0.1, 0.15) is 0 Å². The lowest BCUT2D eigenvalue weighted by atomic mass is 9.97. The van der Waals surface area contributed by atoms with Crippen LogP contribution in [0.1, 0.15) is 29.3 Å². The number of benzene rings is 2. The Morgan fingerprint density at radius 2 is 1.86 bits per heavy atom. The second kappa shape index (κ2) is 8.19. The summed E-state index contributed by atoms with van der Waals surface area (Å²) in [4.78, 5) is 19.5. The molecule has 0 radical (unpaired) electrons. The number of thiazole rings is 1. The molecule has 146 valence electrons. The van der Waals surface area contributed by atoms with E-state index in [2.05, 4.69) is 18.2 Å². The second-order valence-corrected chi connectivity index (χ2v) is 8.10. The van der Waals surface area contributed by atoms with Crippen LogP contribution in [0.4, 0.5) is 0 Å². The van der Waals surface area contributed by atoms with E-state index < -0.39 is 0 Å². The zero-order valence-electron chi connectivity index (χ0n) is 16.2. The topological polar surface area (TPSA) is 51.7 Å². The van der Waals surface area contributed by atoms with Crippen LogP contribution >= 0.6 is 11.3 Å². The van der Waals surface area contributed by atoms with E-state index >= 15 is 0 Å². The molecule has 2 heterocycles. The molecule has 0 unspecified atom stereocenters. The Balaban J connectivity index is 1.37. The zero-order chi connectivity index (χ0) is 19.5. The first-order chi connectivity index (χ1) is 13.7. The predicted molar refractivity (Wildman–Crippen MR) is 111 cm³/mol. The first-order valence-corrected chi connectivity index (χ1v) is 10.3. The molecule has 1 fully saturated rings. The van der Waals surface area contributed by atoms with Gasteiger partial charge in [-0.1, -0.05) is 18.2 Å². The molecule has 1 amide bonds. The summed E-state index contributed by atoms with van der Waals surface area (Å²) < 4.78 is 11.8. The number of rotatable bonds is 5. The van der Waals surface area contributed by atoms with E-state index in [0.29, 0.717) is 23.8 Å². The quantitative estimate of drug-likeness (QED) is 0.647. The number of para-hydroxylation sites is 1. The molecule has 0 saturated carbocycles. The smallest absolute Gasteiger partial charge is 0.226 e. The van der Waals surface area contributed by atoms with Gasteiger partial charge in [0.25, 0.3) is 0 Å². The van der Waals surface area contributed by atoms with Crippen molar-refractivity contribution in [1.82, 2.24) is 9.88 Å². The van der Waals surface area contributed by atoms with Crippen molar-refractivity contribution < 1.29 is 14.3 Å². The maximum atomic E-state index is 12.7.